The van der Waals surface area contributed by atoms with Crippen LogP contribution >= 0.6 is 0 Å². The number of allylic oxidation sites excluding steroid dienone is 2. The molecule has 1 saturated heterocycles. The lowest BCUT2D eigenvalue weighted by Gasteiger charge is -2.54. The number of likely N-dealkylation sites (N-methyl/N-ethyl adjacent to an activating group) is 1. The van der Waals surface area contributed by atoms with Gasteiger partial charge >= 0.3 is 0 Å². The molecule has 7 heteroatoms. The van der Waals surface area contributed by atoms with Crippen LogP contribution in [-0.4, -0.2) is 67.7 Å². The topological polar surface area (TPSA) is 70.1 Å². The first-order valence-corrected chi connectivity index (χ1v) is 11.9. The molecule has 1 amide bonds. The number of amides is 1. The van der Waals surface area contributed by atoms with E-state index in [0.29, 0.717) is 32.8 Å². The van der Waals surface area contributed by atoms with Crippen molar-refractivity contribution in [1.82, 2.24) is 9.88 Å². The number of rotatable bonds is 19. The molecule has 0 N–H and O–H groups in total. The highest BCUT2D eigenvalue weighted by Crippen LogP contribution is 2.38. The van der Waals surface area contributed by atoms with E-state index in [4.69, 9.17) is 18.9 Å². The van der Waals surface area contributed by atoms with Gasteiger partial charge in [0, 0.05) is 44.6 Å². The van der Waals surface area contributed by atoms with Gasteiger partial charge < -0.3 is 23.8 Å². The molecule has 184 valence electrons. The van der Waals surface area contributed by atoms with Gasteiger partial charge in [0.1, 0.15) is 12.5 Å². The van der Waals surface area contributed by atoms with Gasteiger partial charge in [-0.25, -0.2) is 0 Å². The summed E-state index contributed by atoms with van der Waals surface area (Å²) in [5.74, 6) is 0.689. The van der Waals surface area contributed by atoms with Crippen molar-refractivity contribution in [1.29, 1.82) is 0 Å². The number of carbonyl (C=O) groups is 1. The average molecular weight is 461 g/mol. The molecule has 1 aromatic rings. The molecule has 0 bridgehead atoms. The van der Waals surface area contributed by atoms with Crippen LogP contribution < -0.4 is 4.74 Å². The first-order chi connectivity index (χ1) is 16.1. The van der Waals surface area contributed by atoms with Crippen molar-refractivity contribution in [3.63, 3.8) is 0 Å². The predicted octanol–water partition coefficient (Wildman–Crippen LogP) is 4.32. The number of pyridine rings is 1. The summed E-state index contributed by atoms with van der Waals surface area (Å²) in [7, 11) is 1.55. The molecule has 0 aromatic carbocycles. The second-order valence-corrected chi connectivity index (χ2v) is 8.20. The summed E-state index contributed by atoms with van der Waals surface area (Å²) in [4.78, 5) is 19.5. The number of hydrogen-bond acceptors (Lipinski definition) is 6. The maximum Gasteiger partial charge on any atom is 0.258 e. The van der Waals surface area contributed by atoms with Gasteiger partial charge in [0.25, 0.3) is 5.91 Å². The van der Waals surface area contributed by atoms with Crippen molar-refractivity contribution in [3.8, 4) is 5.75 Å². The molecule has 0 unspecified atom stereocenters. The van der Waals surface area contributed by atoms with E-state index in [1.165, 1.54) is 0 Å². The molecule has 2 heterocycles. The molecule has 0 radical (unpaired) electrons. The van der Waals surface area contributed by atoms with Gasteiger partial charge in [0.2, 0.25) is 0 Å². The lowest BCUT2D eigenvalue weighted by atomic mass is 9.78. The van der Waals surface area contributed by atoms with E-state index in [0.717, 1.165) is 50.0 Å². The highest BCUT2D eigenvalue weighted by molar-refractivity contribution is 5.93. The molecule has 2 rings (SSSR count). The number of β-lactam (4-membered cyclic amide) rings is 1. The largest absolute Gasteiger partial charge is 0.493 e. The van der Waals surface area contributed by atoms with Crippen molar-refractivity contribution >= 4 is 5.91 Å². The van der Waals surface area contributed by atoms with E-state index in [2.05, 4.69) is 18.1 Å². The van der Waals surface area contributed by atoms with Gasteiger partial charge in [-0.3, -0.25) is 9.78 Å². The van der Waals surface area contributed by atoms with Crippen LogP contribution in [-0.2, 0) is 25.4 Å². The van der Waals surface area contributed by atoms with Crippen molar-refractivity contribution in [2.24, 2.45) is 0 Å². The first kappa shape index (κ1) is 27.0. The molecule has 0 saturated carbocycles. The van der Waals surface area contributed by atoms with E-state index in [1.54, 1.807) is 18.2 Å². The van der Waals surface area contributed by atoms with E-state index in [1.807, 2.05) is 31.2 Å². The molecule has 7 nitrogen and oxygen atoms in total. The van der Waals surface area contributed by atoms with Crippen molar-refractivity contribution in [2.75, 3.05) is 40.3 Å². The molecular weight excluding hydrogens is 420 g/mol. The first-order valence-electron chi connectivity index (χ1n) is 11.9. The number of ether oxygens (including phenoxy) is 4. The van der Waals surface area contributed by atoms with Crippen LogP contribution in [0.4, 0.5) is 0 Å². The number of likely N-dealkylation sites (tertiary alicyclic amines) is 1. The molecule has 1 aliphatic heterocycles. The van der Waals surface area contributed by atoms with Crippen LogP contribution in [0.5, 0.6) is 5.75 Å². The highest BCUT2D eigenvalue weighted by Gasteiger charge is 2.61. The van der Waals surface area contributed by atoms with E-state index < -0.39 is 5.60 Å². The average Bonchev–Trinajstić information content (AvgIpc) is 2.83. The maximum atomic E-state index is 13.2. The highest BCUT2D eigenvalue weighted by atomic mass is 16.7. The number of carbonyl (C=O) groups excluding carboxylic acids is 1. The third-order valence-corrected chi connectivity index (χ3v) is 5.84. The summed E-state index contributed by atoms with van der Waals surface area (Å²) in [5.41, 5.74) is -0.308. The Hall–Kier alpha value is -2.22. The normalized spacial score (nSPS) is 19.9. The SMILES string of the molecule is C=CCCCCOC[C@@H]1N(CC)C(=O)[C@]1(Cc1cc(OCCCCC=C)ccn1)OCOC. The zero-order valence-corrected chi connectivity index (χ0v) is 20.3. The predicted molar refractivity (Wildman–Crippen MR) is 129 cm³/mol. The summed E-state index contributed by atoms with van der Waals surface area (Å²) < 4.78 is 23.0. The Labute approximate surface area is 198 Å². The quantitative estimate of drug-likeness (QED) is 0.133. The van der Waals surface area contributed by atoms with Crippen LogP contribution in [0, 0.1) is 0 Å². The van der Waals surface area contributed by atoms with E-state index in [-0.39, 0.29) is 18.7 Å². The molecule has 1 aromatic heterocycles. The van der Waals surface area contributed by atoms with Gasteiger partial charge in [-0.2, -0.15) is 0 Å². The fourth-order valence-electron chi connectivity index (χ4n) is 4.05. The minimum absolute atomic E-state index is 0.0264. The van der Waals surface area contributed by atoms with Gasteiger partial charge in [-0.05, 0) is 51.5 Å². The Morgan fingerprint density at radius 2 is 1.88 bits per heavy atom. The second-order valence-electron chi connectivity index (χ2n) is 8.20. The summed E-state index contributed by atoms with van der Waals surface area (Å²) in [6.45, 7) is 11.8. The Bertz CT molecular complexity index is 741. The monoisotopic (exact) mass is 460 g/mol. The molecular formula is C26H40N2O5. The molecule has 0 spiro atoms. The molecule has 1 fully saturated rings. The Morgan fingerprint density at radius 3 is 2.55 bits per heavy atom. The maximum absolute atomic E-state index is 13.2. The third-order valence-electron chi connectivity index (χ3n) is 5.84. The number of hydrogen-bond donors (Lipinski definition) is 0. The van der Waals surface area contributed by atoms with Crippen LogP contribution in [0.1, 0.15) is 51.1 Å². The van der Waals surface area contributed by atoms with E-state index in [9.17, 15) is 4.79 Å². The second kappa shape index (κ2) is 14.8. The van der Waals surface area contributed by atoms with Crippen molar-refractivity contribution in [2.45, 2.75) is 63.5 Å². The molecule has 0 aliphatic carbocycles. The number of unbranched alkanes of at least 4 members (excludes halogenated alkanes) is 4. The summed E-state index contributed by atoms with van der Waals surface area (Å²) >= 11 is 0. The van der Waals surface area contributed by atoms with Crippen molar-refractivity contribution in [3.05, 3.63) is 49.3 Å². The zero-order valence-electron chi connectivity index (χ0n) is 20.3. The number of nitrogens with zero attached hydrogens (tertiary/aromatic N) is 2. The van der Waals surface area contributed by atoms with Crippen LogP contribution in [0.3, 0.4) is 0 Å². The minimum atomic E-state index is -1.05. The zero-order chi connectivity index (χ0) is 23.9. The fourth-order valence-corrected chi connectivity index (χ4v) is 4.05. The Morgan fingerprint density at radius 1 is 1.15 bits per heavy atom. The van der Waals surface area contributed by atoms with Crippen LogP contribution in [0.2, 0.25) is 0 Å². The molecule has 2 atom stereocenters. The van der Waals surface area contributed by atoms with Crippen LogP contribution in [0.15, 0.2) is 43.6 Å². The lowest BCUT2D eigenvalue weighted by molar-refractivity contribution is -0.230. The molecule has 1 aliphatic rings. The summed E-state index contributed by atoms with van der Waals surface area (Å²) in [6.07, 6.45) is 11.9. The van der Waals surface area contributed by atoms with Gasteiger partial charge in [-0.15, -0.1) is 13.2 Å². The standard InChI is InChI=1S/C26H40N2O5/c1-5-8-10-12-16-31-20-24-26(33-21-30-4,25(29)28(24)7-3)19-22-18-23(14-15-27-22)32-17-13-11-9-6-2/h5-6,14-15,18,24H,1-2,7-13,16-17,19-21H2,3-4H3/t24-,26+/m0/s1. The third kappa shape index (κ3) is 7.66. The van der Waals surface area contributed by atoms with Gasteiger partial charge in [0.05, 0.1) is 19.3 Å². The van der Waals surface area contributed by atoms with Gasteiger partial charge in [0.15, 0.2) is 5.60 Å². The fraction of sp³-hybridized carbons (Fsp3) is 0.615. The smallest absolute Gasteiger partial charge is 0.258 e. The lowest BCUT2D eigenvalue weighted by Crippen LogP contribution is -2.77. The van der Waals surface area contributed by atoms with Crippen LogP contribution in [0.25, 0.3) is 0 Å². The Kier molecular flexibility index (Phi) is 12.1. The molecule has 33 heavy (non-hydrogen) atoms. The number of aromatic nitrogens is 1. The van der Waals surface area contributed by atoms with E-state index >= 15 is 0 Å². The number of methoxy groups -OCH3 is 1. The summed E-state index contributed by atoms with van der Waals surface area (Å²) in [5, 5.41) is 0. The summed E-state index contributed by atoms with van der Waals surface area (Å²) in [6, 6.07) is 3.53. The van der Waals surface area contributed by atoms with Gasteiger partial charge in [-0.1, -0.05) is 12.2 Å². The minimum Gasteiger partial charge on any atom is -0.493 e. The van der Waals surface area contributed by atoms with Crippen molar-refractivity contribution < 1.29 is 23.7 Å². The Balaban J connectivity index is 2.06.